The van der Waals surface area contributed by atoms with Crippen LogP contribution in [0.3, 0.4) is 0 Å². The van der Waals surface area contributed by atoms with Crippen LogP contribution in [0.5, 0.6) is 0 Å². The van der Waals surface area contributed by atoms with Crippen LogP contribution in [0.25, 0.3) is 0 Å². The molecule has 2 fully saturated rings. The molecule has 2 aliphatic carbocycles. The highest BCUT2D eigenvalue weighted by molar-refractivity contribution is 6.32. The standard InChI is InChI=1S/C16H12ClN3O4/c17-11-4-1-8(5-12(11)20(23)24)7-18-19-15(21)13-9-2-3-10(6-9)14(13)16(19)22/h1-5,7,9-10,13-14H,6H2. The first kappa shape index (κ1) is 15.0. The lowest BCUT2D eigenvalue weighted by molar-refractivity contribution is -0.384. The van der Waals surface area contributed by atoms with Crippen LogP contribution in [0.1, 0.15) is 12.0 Å². The van der Waals surface area contributed by atoms with Gasteiger partial charge in [-0.1, -0.05) is 29.8 Å². The minimum atomic E-state index is -0.598. The van der Waals surface area contributed by atoms with Gasteiger partial charge >= 0.3 is 0 Å². The van der Waals surface area contributed by atoms with Gasteiger partial charge in [-0.15, -0.1) is 0 Å². The van der Waals surface area contributed by atoms with Crippen molar-refractivity contribution in [1.29, 1.82) is 0 Å². The number of carbonyl (C=O) groups is 2. The molecule has 122 valence electrons. The molecule has 1 heterocycles. The molecule has 1 aromatic rings. The average Bonchev–Trinajstić information content (AvgIpc) is 3.22. The number of nitro benzene ring substituents is 1. The minimum Gasteiger partial charge on any atom is -0.272 e. The summed E-state index contributed by atoms with van der Waals surface area (Å²) in [5, 5.41) is 15.8. The molecule has 3 aliphatic rings. The Morgan fingerprint density at radius 3 is 2.42 bits per heavy atom. The van der Waals surface area contributed by atoms with Crippen molar-refractivity contribution in [2.75, 3.05) is 0 Å². The topological polar surface area (TPSA) is 92.9 Å². The number of fused-ring (bicyclic) bond motifs is 5. The summed E-state index contributed by atoms with van der Waals surface area (Å²) in [7, 11) is 0. The Balaban J connectivity index is 1.59. The van der Waals surface area contributed by atoms with Crippen LogP contribution in [0.4, 0.5) is 5.69 Å². The van der Waals surface area contributed by atoms with Crippen molar-refractivity contribution >= 4 is 35.3 Å². The van der Waals surface area contributed by atoms with Gasteiger partial charge in [0.05, 0.1) is 23.0 Å². The van der Waals surface area contributed by atoms with Crippen molar-refractivity contribution in [1.82, 2.24) is 5.01 Å². The van der Waals surface area contributed by atoms with E-state index in [4.69, 9.17) is 11.6 Å². The van der Waals surface area contributed by atoms with Crippen LogP contribution in [0.2, 0.25) is 5.02 Å². The summed E-state index contributed by atoms with van der Waals surface area (Å²) in [5.74, 6) is -0.974. The lowest BCUT2D eigenvalue weighted by atomic mass is 9.85. The maximum atomic E-state index is 12.5. The minimum absolute atomic E-state index is 0.0163. The molecule has 2 amide bonds. The van der Waals surface area contributed by atoms with Crippen LogP contribution in [-0.4, -0.2) is 28.0 Å². The molecule has 0 radical (unpaired) electrons. The van der Waals surface area contributed by atoms with E-state index in [1.165, 1.54) is 24.4 Å². The Hall–Kier alpha value is -2.54. The van der Waals surface area contributed by atoms with E-state index in [0.717, 1.165) is 11.4 Å². The lowest BCUT2D eigenvalue weighted by Gasteiger charge is -2.13. The number of nitrogens with zero attached hydrogens (tertiary/aromatic N) is 3. The van der Waals surface area contributed by atoms with Gasteiger partial charge in [-0.2, -0.15) is 10.1 Å². The number of rotatable bonds is 3. The van der Waals surface area contributed by atoms with Crippen LogP contribution in [0.15, 0.2) is 35.5 Å². The van der Waals surface area contributed by atoms with Gasteiger partial charge in [-0.3, -0.25) is 19.7 Å². The van der Waals surface area contributed by atoms with E-state index in [1.807, 2.05) is 12.2 Å². The average molecular weight is 346 g/mol. The molecule has 4 atom stereocenters. The van der Waals surface area contributed by atoms with E-state index in [-0.39, 0.29) is 46.2 Å². The molecule has 24 heavy (non-hydrogen) atoms. The van der Waals surface area contributed by atoms with Crippen molar-refractivity contribution in [3.05, 3.63) is 51.1 Å². The Labute approximate surface area is 141 Å². The zero-order valence-corrected chi connectivity index (χ0v) is 13.1. The van der Waals surface area contributed by atoms with Gasteiger partial charge in [0.2, 0.25) is 0 Å². The van der Waals surface area contributed by atoms with E-state index in [0.29, 0.717) is 5.56 Å². The van der Waals surface area contributed by atoms with Crippen molar-refractivity contribution < 1.29 is 14.5 Å². The lowest BCUT2D eigenvalue weighted by Crippen LogP contribution is -2.28. The zero-order chi connectivity index (χ0) is 17.0. The van der Waals surface area contributed by atoms with Crippen LogP contribution < -0.4 is 0 Å². The normalized spacial score (nSPS) is 30.6. The van der Waals surface area contributed by atoms with E-state index < -0.39 is 4.92 Å². The predicted octanol–water partition coefficient (Wildman–Crippen LogP) is 2.39. The number of hydrazone groups is 1. The summed E-state index contributed by atoms with van der Waals surface area (Å²) in [6.07, 6.45) is 6.14. The molecule has 1 aliphatic heterocycles. The Kier molecular flexibility index (Phi) is 3.28. The monoisotopic (exact) mass is 345 g/mol. The quantitative estimate of drug-likeness (QED) is 0.276. The summed E-state index contributed by atoms with van der Waals surface area (Å²) in [6, 6.07) is 4.17. The summed E-state index contributed by atoms with van der Waals surface area (Å²) >= 11 is 5.76. The van der Waals surface area contributed by atoms with Gasteiger partial charge in [-0.05, 0) is 24.3 Å². The maximum absolute atomic E-state index is 12.5. The smallest absolute Gasteiger partial charge is 0.272 e. The number of benzene rings is 1. The van der Waals surface area contributed by atoms with Gasteiger partial charge < -0.3 is 0 Å². The Morgan fingerprint density at radius 1 is 1.21 bits per heavy atom. The van der Waals surface area contributed by atoms with Gasteiger partial charge in [0, 0.05) is 11.6 Å². The highest BCUT2D eigenvalue weighted by Crippen LogP contribution is 2.52. The number of halogens is 1. The SMILES string of the molecule is O=C1C2C3C=CC(C3)C2C(=O)N1N=Cc1ccc(Cl)c([N+](=O)[O-])c1. The number of hydrogen-bond acceptors (Lipinski definition) is 5. The fourth-order valence-electron chi connectivity index (χ4n) is 3.87. The van der Waals surface area contributed by atoms with Gasteiger partial charge in [0.25, 0.3) is 17.5 Å². The van der Waals surface area contributed by atoms with E-state index >= 15 is 0 Å². The van der Waals surface area contributed by atoms with Gasteiger partial charge in [-0.25, -0.2) is 0 Å². The third-order valence-corrected chi connectivity index (χ3v) is 5.26. The number of allylic oxidation sites excluding steroid dienone is 2. The van der Waals surface area contributed by atoms with E-state index in [9.17, 15) is 19.7 Å². The molecular weight excluding hydrogens is 334 g/mol. The van der Waals surface area contributed by atoms with Gasteiger partial charge in [0.15, 0.2) is 0 Å². The van der Waals surface area contributed by atoms with Crippen molar-refractivity contribution in [3.8, 4) is 0 Å². The summed E-state index contributed by atoms with van der Waals surface area (Å²) in [6.45, 7) is 0. The third kappa shape index (κ3) is 2.08. The molecule has 2 bridgehead atoms. The summed E-state index contributed by atoms with van der Waals surface area (Å²) < 4.78 is 0. The number of carbonyl (C=O) groups excluding carboxylic acids is 2. The molecule has 4 rings (SSSR count). The van der Waals surface area contributed by atoms with Crippen molar-refractivity contribution in [2.45, 2.75) is 6.42 Å². The van der Waals surface area contributed by atoms with E-state index in [2.05, 4.69) is 5.10 Å². The van der Waals surface area contributed by atoms with Crippen molar-refractivity contribution in [2.24, 2.45) is 28.8 Å². The molecule has 1 saturated heterocycles. The zero-order valence-electron chi connectivity index (χ0n) is 12.3. The number of nitro groups is 1. The highest BCUT2D eigenvalue weighted by Gasteiger charge is 2.59. The number of imide groups is 1. The third-order valence-electron chi connectivity index (χ3n) is 4.94. The fourth-order valence-corrected chi connectivity index (χ4v) is 4.06. The molecular formula is C16H12ClN3O4. The van der Waals surface area contributed by atoms with Crippen LogP contribution in [0, 0.1) is 33.8 Å². The highest BCUT2D eigenvalue weighted by atomic mass is 35.5. The largest absolute Gasteiger partial charge is 0.288 e. The number of amides is 2. The molecule has 0 spiro atoms. The second-order valence-corrected chi connectivity index (χ2v) is 6.61. The molecule has 8 heteroatoms. The summed E-state index contributed by atoms with van der Waals surface area (Å²) in [4.78, 5) is 35.2. The van der Waals surface area contributed by atoms with Crippen molar-refractivity contribution in [3.63, 3.8) is 0 Å². The first-order valence-corrected chi connectivity index (χ1v) is 7.89. The predicted molar refractivity (Wildman–Crippen MR) is 85.3 cm³/mol. The summed E-state index contributed by atoms with van der Waals surface area (Å²) in [5.41, 5.74) is 0.142. The molecule has 1 saturated carbocycles. The van der Waals surface area contributed by atoms with Gasteiger partial charge in [0.1, 0.15) is 5.02 Å². The molecule has 1 aromatic carbocycles. The molecule has 0 N–H and O–H groups in total. The van der Waals surface area contributed by atoms with Crippen LogP contribution in [-0.2, 0) is 9.59 Å². The fraction of sp³-hybridized carbons (Fsp3) is 0.312. The van der Waals surface area contributed by atoms with Crippen LogP contribution >= 0.6 is 11.6 Å². The molecule has 4 unspecified atom stereocenters. The second-order valence-electron chi connectivity index (χ2n) is 6.20. The molecule has 0 aromatic heterocycles. The maximum Gasteiger partial charge on any atom is 0.288 e. The second kappa shape index (κ2) is 5.24. The Morgan fingerprint density at radius 2 is 1.83 bits per heavy atom. The number of hydrogen-bond donors (Lipinski definition) is 0. The molecule has 7 nitrogen and oxygen atoms in total. The first-order chi connectivity index (χ1) is 11.5. The first-order valence-electron chi connectivity index (χ1n) is 7.51. The Bertz CT molecular complexity index is 805. The van der Waals surface area contributed by atoms with E-state index in [1.54, 1.807) is 0 Å².